The van der Waals surface area contributed by atoms with Gasteiger partial charge in [0.1, 0.15) is 0 Å². The Kier molecular flexibility index (Phi) is 3.07. The third-order valence-electron chi connectivity index (χ3n) is 2.08. The number of carboxylic acid groups (broad SMARTS) is 1. The van der Waals surface area contributed by atoms with Gasteiger partial charge < -0.3 is 5.11 Å². The summed E-state index contributed by atoms with van der Waals surface area (Å²) in [5.74, 6) is -0.765. The number of rotatable bonds is 3. The summed E-state index contributed by atoms with van der Waals surface area (Å²) < 4.78 is 0. The smallest absolute Gasteiger partial charge is 0.307 e. The van der Waals surface area contributed by atoms with E-state index in [1.165, 1.54) is 5.56 Å². The summed E-state index contributed by atoms with van der Waals surface area (Å²) in [5, 5.41) is 8.66. The van der Waals surface area contributed by atoms with Crippen LogP contribution in [0.15, 0.2) is 18.2 Å². The molecule has 0 unspecified atom stereocenters. The van der Waals surface area contributed by atoms with E-state index in [-0.39, 0.29) is 6.42 Å². The summed E-state index contributed by atoms with van der Waals surface area (Å²) in [6.07, 6.45) is 1.02. The fourth-order valence-corrected chi connectivity index (χ4v) is 1.42. The highest BCUT2D eigenvalue weighted by atomic mass is 16.4. The van der Waals surface area contributed by atoms with Gasteiger partial charge in [0, 0.05) is 0 Å². The maximum Gasteiger partial charge on any atom is 0.307 e. The van der Waals surface area contributed by atoms with Gasteiger partial charge >= 0.3 is 5.97 Å². The molecule has 0 saturated heterocycles. The van der Waals surface area contributed by atoms with Crippen LogP contribution in [-0.2, 0) is 17.6 Å². The molecule has 1 aromatic carbocycles. The Morgan fingerprint density at radius 1 is 1.38 bits per heavy atom. The predicted octanol–water partition coefficient (Wildman–Crippen LogP) is 2.18. The molecule has 0 atom stereocenters. The molecule has 0 saturated carbocycles. The molecule has 0 aliphatic rings. The van der Waals surface area contributed by atoms with Crippen molar-refractivity contribution in [2.75, 3.05) is 0 Å². The molecule has 70 valence electrons. The van der Waals surface area contributed by atoms with Crippen LogP contribution < -0.4 is 0 Å². The third-order valence-corrected chi connectivity index (χ3v) is 2.08. The molecular weight excluding hydrogens is 164 g/mol. The van der Waals surface area contributed by atoms with E-state index in [9.17, 15) is 4.79 Å². The van der Waals surface area contributed by atoms with Crippen LogP contribution in [0, 0.1) is 6.92 Å². The zero-order chi connectivity index (χ0) is 9.84. The van der Waals surface area contributed by atoms with Crippen molar-refractivity contribution in [3.63, 3.8) is 0 Å². The molecule has 2 nitrogen and oxygen atoms in total. The van der Waals surface area contributed by atoms with E-state index in [0.717, 1.165) is 17.5 Å². The van der Waals surface area contributed by atoms with Gasteiger partial charge in [-0.15, -0.1) is 0 Å². The van der Waals surface area contributed by atoms with Crippen LogP contribution in [0.2, 0.25) is 0 Å². The van der Waals surface area contributed by atoms with Crippen LogP contribution in [0.5, 0.6) is 0 Å². The van der Waals surface area contributed by atoms with Crippen molar-refractivity contribution in [3.8, 4) is 0 Å². The predicted molar refractivity (Wildman–Crippen MR) is 51.9 cm³/mol. The Labute approximate surface area is 78.2 Å². The first-order valence-electron chi connectivity index (χ1n) is 4.43. The second kappa shape index (κ2) is 4.08. The van der Waals surface area contributed by atoms with Gasteiger partial charge in [-0.1, -0.05) is 30.7 Å². The van der Waals surface area contributed by atoms with Crippen LogP contribution in [0.25, 0.3) is 0 Å². The molecule has 0 aliphatic carbocycles. The Morgan fingerprint density at radius 3 is 2.62 bits per heavy atom. The molecule has 1 N–H and O–H groups in total. The lowest BCUT2D eigenvalue weighted by Crippen LogP contribution is -2.03. The summed E-state index contributed by atoms with van der Waals surface area (Å²) in [6, 6.07) is 5.91. The summed E-state index contributed by atoms with van der Waals surface area (Å²) in [7, 11) is 0. The lowest BCUT2D eigenvalue weighted by molar-refractivity contribution is -0.136. The number of carbonyl (C=O) groups is 1. The van der Waals surface area contributed by atoms with Crippen LogP contribution in [0.3, 0.4) is 0 Å². The van der Waals surface area contributed by atoms with Gasteiger partial charge in [-0.25, -0.2) is 0 Å². The summed E-state index contributed by atoms with van der Waals surface area (Å²) in [4.78, 5) is 10.5. The lowest BCUT2D eigenvalue weighted by atomic mass is 10.0. The molecule has 13 heavy (non-hydrogen) atoms. The van der Waals surface area contributed by atoms with E-state index in [1.807, 2.05) is 26.0 Å². The second-order valence-corrected chi connectivity index (χ2v) is 3.20. The summed E-state index contributed by atoms with van der Waals surface area (Å²) in [6.45, 7) is 4.06. The molecule has 0 amide bonds. The average Bonchev–Trinajstić information content (AvgIpc) is 2.07. The number of aliphatic carboxylic acids is 1. The first-order chi connectivity index (χ1) is 6.13. The molecule has 1 rings (SSSR count). The van der Waals surface area contributed by atoms with Gasteiger partial charge in [-0.05, 0) is 24.5 Å². The molecule has 0 bridgehead atoms. The molecule has 0 radical (unpaired) electrons. The van der Waals surface area contributed by atoms with Crippen molar-refractivity contribution >= 4 is 5.97 Å². The zero-order valence-electron chi connectivity index (χ0n) is 8.00. The fraction of sp³-hybridized carbons (Fsp3) is 0.364. The van der Waals surface area contributed by atoms with E-state index >= 15 is 0 Å². The minimum absolute atomic E-state index is 0.128. The van der Waals surface area contributed by atoms with Crippen molar-refractivity contribution in [3.05, 3.63) is 34.9 Å². The van der Waals surface area contributed by atoms with Crippen molar-refractivity contribution < 1.29 is 9.90 Å². The lowest BCUT2D eigenvalue weighted by Gasteiger charge is -2.06. The molecule has 0 aromatic heterocycles. The maximum atomic E-state index is 10.5. The van der Waals surface area contributed by atoms with Gasteiger partial charge in [0.25, 0.3) is 0 Å². The quantitative estimate of drug-likeness (QED) is 0.770. The highest BCUT2D eigenvalue weighted by molar-refractivity contribution is 5.70. The highest BCUT2D eigenvalue weighted by Gasteiger charge is 2.04. The van der Waals surface area contributed by atoms with Gasteiger partial charge in [-0.2, -0.15) is 0 Å². The number of benzene rings is 1. The summed E-state index contributed by atoms with van der Waals surface area (Å²) in [5.41, 5.74) is 3.26. The van der Waals surface area contributed by atoms with Crippen molar-refractivity contribution in [1.82, 2.24) is 0 Å². The van der Waals surface area contributed by atoms with Crippen molar-refractivity contribution in [2.24, 2.45) is 0 Å². The number of hydrogen-bond acceptors (Lipinski definition) is 1. The van der Waals surface area contributed by atoms with Crippen LogP contribution >= 0.6 is 0 Å². The minimum Gasteiger partial charge on any atom is -0.481 e. The minimum atomic E-state index is -0.765. The van der Waals surface area contributed by atoms with Crippen LogP contribution in [0.4, 0.5) is 0 Å². The Bertz CT molecular complexity index is 316. The Hall–Kier alpha value is -1.31. The topological polar surface area (TPSA) is 37.3 Å². The molecule has 0 spiro atoms. The number of hydrogen-bond donors (Lipinski definition) is 1. The van der Waals surface area contributed by atoms with Gasteiger partial charge in [0.15, 0.2) is 0 Å². The van der Waals surface area contributed by atoms with Gasteiger partial charge in [0.05, 0.1) is 6.42 Å². The zero-order valence-corrected chi connectivity index (χ0v) is 8.00. The number of carboxylic acids is 1. The van der Waals surface area contributed by atoms with Gasteiger partial charge in [-0.3, -0.25) is 4.79 Å². The van der Waals surface area contributed by atoms with E-state index in [4.69, 9.17) is 5.11 Å². The number of aryl methyl sites for hydroxylation is 2. The Balaban J connectivity index is 2.99. The second-order valence-electron chi connectivity index (χ2n) is 3.20. The third kappa shape index (κ3) is 2.58. The molecule has 0 fully saturated rings. The Morgan fingerprint density at radius 2 is 2.08 bits per heavy atom. The van der Waals surface area contributed by atoms with Crippen molar-refractivity contribution in [2.45, 2.75) is 26.7 Å². The maximum absolute atomic E-state index is 10.5. The SMILES string of the molecule is CCc1cc(C)ccc1CC(=O)O. The normalized spacial score (nSPS) is 10.0. The largest absolute Gasteiger partial charge is 0.481 e. The van der Waals surface area contributed by atoms with E-state index < -0.39 is 5.97 Å². The highest BCUT2D eigenvalue weighted by Crippen LogP contribution is 2.13. The molecule has 1 aromatic rings. The summed E-state index contributed by atoms with van der Waals surface area (Å²) >= 11 is 0. The molecule has 2 heteroatoms. The average molecular weight is 178 g/mol. The molecular formula is C11H14O2. The fourth-order valence-electron chi connectivity index (χ4n) is 1.42. The van der Waals surface area contributed by atoms with E-state index in [2.05, 4.69) is 6.07 Å². The van der Waals surface area contributed by atoms with Crippen LogP contribution in [-0.4, -0.2) is 11.1 Å². The van der Waals surface area contributed by atoms with Crippen LogP contribution in [0.1, 0.15) is 23.6 Å². The van der Waals surface area contributed by atoms with Gasteiger partial charge in [0.2, 0.25) is 0 Å². The standard InChI is InChI=1S/C11H14O2/c1-3-9-6-8(2)4-5-10(9)7-11(12)13/h4-6H,3,7H2,1-2H3,(H,12,13). The van der Waals surface area contributed by atoms with Crippen molar-refractivity contribution in [1.29, 1.82) is 0 Å². The first kappa shape index (κ1) is 9.78. The van der Waals surface area contributed by atoms with E-state index in [0.29, 0.717) is 0 Å². The molecule has 0 heterocycles. The van der Waals surface area contributed by atoms with E-state index in [1.54, 1.807) is 0 Å². The first-order valence-corrected chi connectivity index (χ1v) is 4.43. The molecule has 0 aliphatic heterocycles. The monoisotopic (exact) mass is 178 g/mol.